The van der Waals surface area contributed by atoms with Crippen LogP contribution < -0.4 is 0 Å². The SMILES string of the molecule is S=c1n(CN2CCCCC2)nc(-c2ccc(Cl)cc2)n1C[C@@H]1CCCO1. The third-order valence-electron chi connectivity index (χ3n) is 5.22. The molecule has 2 saturated heterocycles. The van der Waals surface area contributed by atoms with E-state index in [1.807, 2.05) is 28.9 Å². The number of likely N-dealkylation sites (tertiary alicyclic amines) is 1. The molecular formula is C19H25ClN4OS. The first-order valence-corrected chi connectivity index (χ1v) is 10.3. The summed E-state index contributed by atoms with van der Waals surface area (Å²) < 4.78 is 10.7. The summed E-state index contributed by atoms with van der Waals surface area (Å²) in [6, 6.07) is 7.83. The Bertz CT molecular complexity index is 789. The van der Waals surface area contributed by atoms with E-state index in [9.17, 15) is 0 Å². The van der Waals surface area contributed by atoms with Crippen LogP contribution in [0, 0.1) is 4.77 Å². The number of rotatable bonds is 5. The van der Waals surface area contributed by atoms with Crippen LogP contribution in [0.5, 0.6) is 0 Å². The lowest BCUT2D eigenvalue weighted by molar-refractivity contribution is 0.0966. The molecule has 0 bridgehead atoms. The van der Waals surface area contributed by atoms with Crippen molar-refractivity contribution < 1.29 is 4.74 Å². The molecule has 5 nitrogen and oxygen atoms in total. The molecule has 2 fully saturated rings. The molecular weight excluding hydrogens is 368 g/mol. The standard InChI is InChI=1S/C19H25ClN4OS/c20-16-8-6-15(7-9-16)18-21-24(14-22-10-2-1-3-11-22)19(26)23(18)13-17-5-4-12-25-17/h6-9,17H,1-5,10-14H2/t17-/m0/s1. The largest absolute Gasteiger partial charge is 0.376 e. The molecule has 1 atom stereocenters. The molecule has 0 saturated carbocycles. The van der Waals surface area contributed by atoms with Crippen LogP contribution in [-0.2, 0) is 18.0 Å². The Kier molecular flexibility index (Phi) is 5.74. The van der Waals surface area contributed by atoms with Crippen molar-refractivity contribution in [2.75, 3.05) is 19.7 Å². The summed E-state index contributed by atoms with van der Waals surface area (Å²) in [7, 11) is 0. The number of aromatic nitrogens is 3. The van der Waals surface area contributed by atoms with Gasteiger partial charge in [0.2, 0.25) is 0 Å². The van der Waals surface area contributed by atoms with Gasteiger partial charge in [0.1, 0.15) is 0 Å². The van der Waals surface area contributed by atoms with Gasteiger partial charge in [0.15, 0.2) is 10.6 Å². The molecule has 26 heavy (non-hydrogen) atoms. The molecule has 2 aliphatic heterocycles. The first-order valence-electron chi connectivity index (χ1n) is 9.48. The Balaban J connectivity index is 1.66. The van der Waals surface area contributed by atoms with Crippen LogP contribution in [0.15, 0.2) is 24.3 Å². The van der Waals surface area contributed by atoms with E-state index in [0.29, 0.717) is 0 Å². The molecule has 2 aromatic rings. The predicted octanol–water partition coefficient (Wildman–Crippen LogP) is 4.36. The molecule has 140 valence electrons. The van der Waals surface area contributed by atoms with Crippen LogP contribution >= 0.6 is 23.8 Å². The summed E-state index contributed by atoms with van der Waals surface area (Å²) in [6.45, 7) is 4.61. The zero-order valence-corrected chi connectivity index (χ0v) is 16.5. The van der Waals surface area contributed by atoms with Crippen molar-refractivity contribution in [1.82, 2.24) is 19.2 Å². The van der Waals surface area contributed by atoms with Gasteiger partial charge in [-0.15, -0.1) is 0 Å². The van der Waals surface area contributed by atoms with E-state index >= 15 is 0 Å². The second-order valence-electron chi connectivity index (χ2n) is 7.18. The molecule has 4 rings (SSSR count). The fourth-order valence-electron chi connectivity index (χ4n) is 3.79. The van der Waals surface area contributed by atoms with Crippen molar-refractivity contribution in [3.8, 4) is 11.4 Å². The van der Waals surface area contributed by atoms with Crippen molar-refractivity contribution >= 4 is 23.8 Å². The highest BCUT2D eigenvalue weighted by molar-refractivity contribution is 7.71. The lowest BCUT2D eigenvalue weighted by Gasteiger charge is -2.25. The van der Waals surface area contributed by atoms with Gasteiger partial charge in [-0.1, -0.05) is 18.0 Å². The molecule has 1 aromatic carbocycles. The van der Waals surface area contributed by atoms with Crippen LogP contribution in [0.25, 0.3) is 11.4 Å². The van der Waals surface area contributed by atoms with Crippen LogP contribution in [0.2, 0.25) is 5.02 Å². The fourth-order valence-corrected chi connectivity index (χ4v) is 4.18. The summed E-state index contributed by atoms with van der Waals surface area (Å²) in [5.41, 5.74) is 1.04. The Morgan fingerprint density at radius 1 is 1.12 bits per heavy atom. The van der Waals surface area contributed by atoms with Crippen LogP contribution in [0.1, 0.15) is 32.1 Å². The minimum Gasteiger partial charge on any atom is -0.376 e. The van der Waals surface area contributed by atoms with E-state index in [4.69, 9.17) is 33.7 Å². The number of nitrogens with zero attached hydrogens (tertiary/aromatic N) is 4. The van der Waals surface area contributed by atoms with Crippen molar-refractivity contribution in [3.05, 3.63) is 34.1 Å². The van der Waals surface area contributed by atoms with Crippen LogP contribution in [-0.4, -0.2) is 45.0 Å². The number of ether oxygens (including phenoxy) is 1. The number of halogens is 1. The fraction of sp³-hybridized carbons (Fsp3) is 0.579. The zero-order chi connectivity index (χ0) is 17.9. The molecule has 0 amide bonds. The second-order valence-corrected chi connectivity index (χ2v) is 7.98. The van der Waals surface area contributed by atoms with Crippen molar-refractivity contribution in [2.45, 2.75) is 51.4 Å². The van der Waals surface area contributed by atoms with E-state index in [1.165, 1.54) is 19.3 Å². The Labute approximate surface area is 164 Å². The number of hydrogen-bond acceptors (Lipinski definition) is 4. The average molecular weight is 393 g/mol. The summed E-state index contributed by atoms with van der Waals surface area (Å²) in [5, 5.41) is 5.61. The maximum Gasteiger partial charge on any atom is 0.199 e. The van der Waals surface area contributed by atoms with E-state index in [0.717, 1.165) is 66.9 Å². The van der Waals surface area contributed by atoms with Gasteiger partial charge >= 0.3 is 0 Å². The molecule has 1 aromatic heterocycles. The van der Waals surface area contributed by atoms with Crippen molar-refractivity contribution in [3.63, 3.8) is 0 Å². The molecule has 0 spiro atoms. The smallest absolute Gasteiger partial charge is 0.199 e. The molecule has 0 radical (unpaired) electrons. The second kappa shape index (κ2) is 8.21. The number of piperidine rings is 1. The summed E-state index contributed by atoms with van der Waals surface area (Å²) in [6.07, 6.45) is 6.27. The molecule has 2 aliphatic rings. The van der Waals surface area contributed by atoms with Gasteiger partial charge in [-0.2, -0.15) is 5.10 Å². The number of benzene rings is 1. The van der Waals surface area contributed by atoms with E-state index in [-0.39, 0.29) is 6.10 Å². The summed E-state index contributed by atoms with van der Waals surface area (Å²) >= 11 is 11.9. The van der Waals surface area contributed by atoms with Crippen molar-refractivity contribution in [1.29, 1.82) is 0 Å². The average Bonchev–Trinajstić information content (AvgIpc) is 3.27. The molecule has 7 heteroatoms. The molecule has 3 heterocycles. The van der Waals surface area contributed by atoms with E-state index < -0.39 is 0 Å². The first-order chi connectivity index (χ1) is 12.7. The van der Waals surface area contributed by atoms with Gasteiger partial charge < -0.3 is 4.74 Å². The summed E-state index contributed by atoms with van der Waals surface area (Å²) in [4.78, 5) is 2.44. The third kappa shape index (κ3) is 4.03. The first kappa shape index (κ1) is 18.2. The van der Waals surface area contributed by atoms with Crippen LogP contribution in [0.3, 0.4) is 0 Å². The van der Waals surface area contributed by atoms with Gasteiger partial charge in [0, 0.05) is 17.2 Å². The highest BCUT2D eigenvalue weighted by atomic mass is 35.5. The molecule has 0 unspecified atom stereocenters. The van der Waals surface area contributed by atoms with E-state index in [1.54, 1.807) is 0 Å². The van der Waals surface area contributed by atoms with Crippen LogP contribution in [0.4, 0.5) is 0 Å². The quantitative estimate of drug-likeness (QED) is 0.708. The van der Waals surface area contributed by atoms with Gasteiger partial charge in [-0.25, -0.2) is 4.68 Å². The van der Waals surface area contributed by atoms with Gasteiger partial charge in [-0.05, 0) is 75.3 Å². The zero-order valence-electron chi connectivity index (χ0n) is 14.9. The maximum atomic E-state index is 6.06. The predicted molar refractivity (Wildman–Crippen MR) is 106 cm³/mol. The third-order valence-corrected chi connectivity index (χ3v) is 5.90. The minimum atomic E-state index is 0.223. The maximum absolute atomic E-state index is 6.06. The minimum absolute atomic E-state index is 0.223. The molecule has 0 N–H and O–H groups in total. The Morgan fingerprint density at radius 3 is 2.58 bits per heavy atom. The highest BCUT2D eigenvalue weighted by Crippen LogP contribution is 2.24. The lowest BCUT2D eigenvalue weighted by atomic mass is 10.1. The summed E-state index contributed by atoms with van der Waals surface area (Å²) in [5.74, 6) is 0.902. The Morgan fingerprint density at radius 2 is 1.88 bits per heavy atom. The Hall–Kier alpha value is -1.21. The normalized spacial score (nSPS) is 21.3. The monoisotopic (exact) mass is 392 g/mol. The molecule has 0 aliphatic carbocycles. The van der Waals surface area contributed by atoms with Gasteiger partial charge in [0.25, 0.3) is 0 Å². The topological polar surface area (TPSA) is 35.2 Å². The lowest BCUT2D eigenvalue weighted by Crippen LogP contribution is -2.32. The number of hydrogen-bond donors (Lipinski definition) is 0. The highest BCUT2D eigenvalue weighted by Gasteiger charge is 2.21. The van der Waals surface area contributed by atoms with E-state index in [2.05, 4.69) is 9.47 Å². The van der Waals surface area contributed by atoms with Gasteiger partial charge in [-0.3, -0.25) is 9.47 Å². The van der Waals surface area contributed by atoms with Crippen molar-refractivity contribution in [2.24, 2.45) is 0 Å². The van der Waals surface area contributed by atoms with Gasteiger partial charge in [0.05, 0.1) is 19.3 Å².